The molecule has 4 nitrogen and oxygen atoms in total. The summed E-state index contributed by atoms with van der Waals surface area (Å²) < 4.78 is 32.6. The Balaban J connectivity index is 3.07. The lowest BCUT2D eigenvalue weighted by molar-refractivity contribution is 0.167. The fourth-order valence-electron chi connectivity index (χ4n) is 1.53. The lowest BCUT2D eigenvalue weighted by Gasteiger charge is -2.26. The number of ether oxygens (including phenoxy) is 1. The van der Waals surface area contributed by atoms with Crippen LogP contribution in [0.4, 0.5) is 0 Å². The first kappa shape index (κ1) is 16.1. The average molecular weight is 356 g/mol. The molecule has 0 saturated carbocycles. The molecule has 0 aromatic carbocycles. The second-order valence-electron chi connectivity index (χ2n) is 3.92. The Hall–Kier alpha value is 0.0500. The Bertz CT molecular complexity index is 472. The first-order valence-corrected chi connectivity index (χ1v) is 8.80. The molecule has 0 aliphatic carbocycles. The normalized spacial score (nSPS) is 14.1. The van der Waals surface area contributed by atoms with E-state index in [1.807, 2.05) is 13.8 Å². The molecule has 1 heterocycles. The van der Waals surface area contributed by atoms with Crippen LogP contribution in [0, 0.1) is 0 Å². The molecule has 104 valence electrons. The van der Waals surface area contributed by atoms with Crippen molar-refractivity contribution in [3.63, 3.8) is 0 Å². The third-order valence-corrected chi connectivity index (χ3v) is 7.39. The van der Waals surface area contributed by atoms with Crippen LogP contribution in [0.1, 0.15) is 20.3 Å². The van der Waals surface area contributed by atoms with Gasteiger partial charge in [-0.25, -0.2) is 8.42 Å². The highest BCUT2D eigenvalue weighted by atomic mass is 79.9. The fraction of sp³-hybridized carbons (Fsp3) is 0.636. The van der Waals surface area contributed by atoms with Gasteiger partial charge >= 0.3 is 0 Å². The molecule has 0 bridgehead atoms. The van der Waals surface area contributed by atoms with Gasteiger partial charge in [-0.15, -0.1) is 11.3 Å². The van der Waals surface area contributed by atoms with E-state index in [9.17, 15) is 8.42 Å². The van der Waals surface area contributed by atoms with Crippen molar-refractivity contribution < 1.29 is 13.2 Å². The molecule has 0 fully saturated rings. The molecule has 1 atom stereocenters. The second-order valence-corrected chi connectivity index (χ2v) is 7.78. The Kier molecular flexibility index (Phi) is 6.26. The van der Waals surface area contributed by atoms with Crippen LogP contribution >= 0.6 is 27.3 Å². The topological polar surface area (TPSA) is 46.6 Å². The van der Waals surface area contributed by atoms with Gasteiger partial charge in [0.05, 0.1) is 6.61 Å². The zero-order chi connectivity index (χ0) is 13.8. The standard InChI is InChI=1S/C11H18BrNO3S2/c1-4-9(2)13(6-7-16-3)18(14,15)11-10(12)5-8-17-11/h5,8-9H,4,6-7H2,1-3H3. The average Bonchev–Trinajstić information content (AvgIpc) is 2.76. The Morgan fingerprint density at radius 1 is 1.56 bits per heavy atom. The maximum Gasteiger partial charge on any atom is 0.254 e. The first-order valence-electron chi connectivity index (χ1n) is 5.68. The van der Waals surface area contributed by atoms with E-state index in [4.69, 9.17) is 4.74 Å². The smallest absolute Gasteiger partial charge is 0.254 e. The van der Waals surface area contributed by atoms with Gasteiger partial charge < -0.3 is 4.74 Å². The van der Waals surface area contributed by atoms with Crippen molar-refractivity contribution in [2.75, 3.05) is 20.3 Å². The van der Waals surface area contributed by atoms with Crippen molar-refractivity contribution in [3.8, 4) is 0 Å². The summed E-state index contributed by atoms with van der Waals surface area (Å²) in [4.78, 5) is 0. The maximum absolute atomic E-state index is 12.6. The second kappa shape index (κ2) is 7.00. The number of methoxy groups -OCH3 is 1. The number of thiophene rings is 1. The summed E-state index contributed by atoms with van der Waals surface area (Å²) >= 11 is 4.51. The van der Waals surface area contributed by atoms with Crippen LogP contribution in [-0.2, 0) is 14.8 Å². The summed E-state index contributed by atoms with van der Waals surface area (Å²) in [5, 5.41) is 1.77. The molecule has 0 amide bonds. The van der Waals surface area contributed by atoms with Crippen LogP contribution in [0.2, 0.25) is 0 Å². The van der Waals surface area contributed by atoms with E-state index < -0.39 is 10.0 Å². The molecule has 18 heavy (non-hydrogen) atoms. The van der Waals surface area contributed by atoms with E-state index in [1.165, 1.54) is 15.6 Å². The van der Waals surface area contributed by atoms with Crippen molar-refractivity contribution in [2.45, 2.75) is 30.5 Å². The minimum Gasteiger partial charge on any atom is -0.383 e. The van der Waals surface area contributed by atoms with Crippen LogP contribution in [0.25, 0.3) is 0 Å². The van der Waals surface area contributed by atoms with Crippen LogP contribution in [0.15, 0.2) is 20.1 Å². The molecule has 0 aliphatic heterocycles. The van der Waals surface area contributed by atoms with E-state index >= 15 is 0 Å². The predicted molar refractivity (Wildman–Crippen MR) is 77.5 cm³/mol. The third kappa shape index (κ3) is 3.54. The van der Waals surface area contributed by atoms with E-state index in [1.54, 1.807) is 18.6 Å². The predicted octanol–water partition coefficient (Wildman–Crippen LogP) is 2.95. The van der Waals surface area contributed by atoms with Gasteiger partial charge in [0.1, 0.15) is 4.21 Å². The van der Waals surface area contributed by atoms with Crippen LogP contribution in [-0.4, -0.2) is 39.0 Å². The fourth-order valence-corrected chi connectivity index (χ4v) is 5.65. The Morgan fingerprint density at radius 2 is 2.22 bits per heavy atom. The van der Waals surface area contributed by atoms with Gasteiger partial charge in [-0.2, -0.15) is 4.31 Å². The van der Waals surface area contributed by atoms with E-state index in [0.29, 0.717) is 21.8 Å². The highest BCUT2D eigenvalue weighted by Crippen LogP contribution is 2.31. The minimum absolute atomic E-state index is 0.0425. The van der Waals surface area contributed by atoms with Gasteiger partial charge in [-0.05, 0) is 40.7 Å². The Morgan fingerprint density at radius 3 is 2.67 bits per heavy atom. The van der Waals surface area contributed by atoms with E-state index in [0.717, 1.165) is 6.42 Å². The molecule has 1 rings (SSSR count). The van der Waals surface area contributed by atoms with Crippen molar-refractivity contribution in [1.82, 2.24) is 4.31 Å². The summed E-state index contributed by atoms with van der Waals surface area (Å²) in [7, 11) is -1.88. The van der Waals surface area contributed by atoms with Crippen molar-refractivity contribution in [3.05, 3.63) is 15.9 Å². The SMILES string of the molecule is CCC(C)N(CCOC)S(=O)(=O)c1sccc1Br. The van der Waals surface area contributed by atoms with Crippen molar-refractivity contribution in [2.24, 2.45) is 0 Å². The Labute approximate surface area is 121 Å². The lowest BCUT2D eigenvalue weighted by atomic mass is 10.3. The molecule has 0 aliphatic rings. The highest BCUT2D eigenvalue weighted by Gasteiger charge is 2.30. The van der Waals surface area contributed by atoms with Gasteiger partial charge in [-0.3, -0.25) is 0 Å². The first-order chi connectivity index (χ1) is 8.45. The highest BCUT2D eigenvalue weighted by molar-refractivity contribution is 9.10. The number of hydrogen-bond donors (Lipinski definition) is 0. The van der Waals surface area contributed by atoms with Gasteiger partial charge in [0.25, 0.3) is 10.0 Å². The molecule has 0 spiro atoms. The molecule has 1 aromatic heterocycles. The number of hydrogen-bond acceptors (Lipinski definition) is 4. The summed E-state index contributed by atoms with van der Waals surface area (Å²) in [6.07, 6.45) is 0.770. The zero-order valence-electron chi connectivity index (χ0n) is 10.7. The van der Waals surface area contributed by atoms with Gasteiger partial charge in [0.2, 0.25) is 0 Å². The van der Waals surface area contributed by atoms with Crippen LogP contribution in [0.5, 0.6) is 0 Å². The monoisotopic (exact) mass is 355 g/mol. The molecule has 0 N–H and O–H groups in total. The van der Waals surface area contributed by atoms with E-state index in [2.05, 4.69) is 15.9 Å². The van der Waals surface area contributed by atoms with Crippen LogP contribution in [0.3, 0.4) is 0 Å². The molecule has 0 radical (unpaired) electrons. The molecule has 7 heteroatoms. The number of sulfonamides is 1. The van der Waals surface area contributed by atoms with Gasteiger partial charge in [0, 0.05) is 24.2 Å². The summed E-state index contributed by atoms with van der Waals surface area (Å²) in [5.41, 5.74) is 0. The minimum atomic E-state index is -3.45. The summed E-state index contributed by atoms with van der Waals surface area (Å²) in [5.74, 6) is 0. The number of halogens is 1. The summed E-state index contributed by atoms with van der Waals surface area (Å²) in [6, 6.07) is 1.71. The van der Waals surface area contributed by atoms with Crippen molar-refractivity contribution >= 4 is 37.3 Å². The quantitative estimate of drug-likeness (QED) is 0.755. The summed E-state index contributed by atoms with van der Waals surface area (Å²) in [6.45, 7) is 4.66. The van der Waals surface area contributed by atoms with Gasteiger partial charge in [0.15, 0.2) is 0 Å². The molecule has 0 saturated heterocycles. The van der Waals surface area contributed by atoms with Crippen LogP contribution < -0.4 is 0 Å². The largest absolute Gasteiger partial charge is 0.383 e. The molecule has 1 unspecified atom stereocenters. The maximum atomic E-state index is 12.6. The molecular formula is C11H18BrNO3S2. The number of nitrogens with zero attached hydrogens (tertiary/aromatic N) is 1. The van der Waals surface area contributed by atoms with Gasteiger partial charge in [-0.1, -0.05) is 6.92 Å². The zero-order valence-corrected chi connectivity index (χ0v) is 13.9. The third-order valence-electron chi connectivity index (χ3n) is 2.73. The van der Waals surface area contributed by atoms with Crippen molar-refractivity contribution in [1.29, 1.82) is 0 Å². The lowest BCUT2D eigenvalue weighted by Crippen LogP contribution is -2.40. The number of rotatable bonds is 7. The molecule has 1 aromatic rings. The van der Waals surface area contributed by atoms with E-state index in [-0.39, 0.29) is 6.04 Å². The molecular weight excluding hydrogens is 338 g/mol.